The van der Waals surface area contributed by atoms with Crippen molar-refractivity contribution in [3.8, 4) is 0 Å². The van der Waals surface area contributed by atoms with Crippen LogP contribution in [0.2, 0.25) is 0 Å². The highest BCUT2D eigenvalue weighted by Crippen LogP contribution is 2.43. The number of halogens is 2. The van der Waals surface area contributed by atoms with E-state index in [1.165, 1.54) is 12.1 Å². The number of anilines is 1. The summed E-state index contributed by atoms with van der Waals surface area (Å²) in [6.45, 7) is 0. The molecule has 1 aromatic rings. The zero-order valence-electron chi connectivity index (χ0n) is 8.09. The number of hydrogen-bond donors (Lipinski definition) is 1. The molecule has 0 saturated heterocycles. The number of rotatable bonds is 3. The van der Waals surface area contributed by atoms with E-state index in [0.717, 1.165) is 18.4 Å². The second-order valence-corrected chi connectivity index (χ2v) is 3.95. The van der Waals surface area contributed by atoms with Crippen LogP contribution in [0.25, 0.3) is 0 Å². The number of hydrogen-bond acceptors (Lipinski definition) is 1. The first-order chi connectivity index (χ1) is 7.20. The molecule has 0 aromatic heterocycles. The minimum absolute atomic E-state index is 0.0819. The van der Waals surface area contributed by atoms with Gasteiger partial charge in [0.15, 0.2) is 0 Å². The molecule has 1 aromatic carbocycles. The Hall–Kier alpha value is -1.09. The van der Waals surface area contributed by atoms with Gasteiger partial charge >= 0.3 is 0 Å². The average Bonchev–Trinajstić information content (AvgIpc) is 3.04. The number of amides is 1. The van der Waals surface area contributed by atoms with E-state index in [-0.39, 0.29) is 17.6 Å². The van der Waals surface area contributed by atoms with Crippen molar-refractivity contribution >= 4 is 23.2 Å². The van der Waals surface area contributed by atoms with Gasteiger partial charge in [0, 0.05) is 5.69 Å². The van der Waals surface area contributed by atoms with Gasteiger partial charge in [-0.25, -0.2) is 4.39 Å². The molecule has 1 fully saturated rings. The van der Waals surface area contributed by atoms with Gasteiger partial charge in [0.25, 0.3) is 0 Å². The van der Waals surface area contributed by atoms with Crippen molar-refractivity contribution in [1.82, 2.24) is 0 Å². The van der Waals surface area contributed by atoms with Gasteiger partial charge in [-0.2, -0.15) is 0 Å². The topological polar surface area (TPSA) is 29.1 Å². The highest BCUT2D eigenvalue weighted by Gasteiger charge is 2.26. The maximum absolute atomic E-state index is 13.0. The summed E-state index contributed by atoms with van der Waals surface area (Å²) in [7, 11) is 0. The van der Waals surface area contributed by atoms with Crippen molar-refractivity contribution in [3.05, 3.63) is 29.6 Å². The van der Waals surface area contributed by atoms with Crippen molar-refractivity contribution in [2.75, 3.05) is 11.2 Å². The fraction of sp³-hybridized carbons (Fsp3) is 0.364. The Bertz CT molecular complexity index is 390. The minimum Gasteiger partial charge on any atom is -0.325 e. The molecule has 80 valence electrons. The fourth-order valence-corrected chi connectivity index (χ4v) is 1.63. The van der Waals surface area contributed by atoms with Crippen LogP contribution in [0.3, 0.4) is 0 Å². The summed E-state index contributed by atoms with van der Waals surface area (Å²) in [6, 6.07) is 4.42. The van der Waals surface area contributed by atoms with Gasteiger partial charge in [-0.3, -0.25) is 4.79 Å². The average molecular weight is 228 g/mol. The standard InChI is InChI=1S/C11H11ClFNO/c12-6-11(15)14-10-4-3-8(13)5-9(10)7-1-2-7/h3-5,7H,1-2,6H2,(H,14,15). The van der Waals surface area contributed by atoms with E-state index in [1.54, 1.807) is 6.07 Å². The molecule has 0 bridgehead atoms. The van der Waals surface area contributed by atoms with Crippen LogP contribution in [0.1, 0.15) is 24.3 Å². The molecule has 1 amide bonds. The van der Waals surface area contributed by atoms with Crippen LogP contribution < -0.4 is 5.32 Å². The lowest BCUT2D eigenvalue weighted by Crippen LogP contribution is -2.13. The Labute approximate surface area is 92.4 Å². The lowest BCUT2D eigenvalue weighted by molar-refractivity contribution is -0.113. The highest BCUT2D eigenvalue weighted by molar-refractivity contribution is 6.29. The van der Waals surface area contributed by atoms with E-state index in [9.17, 15) is 9.18 Å². The van der Waals surface area contributed by atoms with Crippen LogP contribution in [0.5, 0.6) is 0 Å². The first-order valence-electron chi connectivity index (χ1n) is 4.86. The molecule has 0 atom stereocenters. The Kier molecular flexibility index (Phi) is 2.91. The quantitative estimate of drug-likeness (QED) is 0.791. The molecule has 1 aliphatic carbocycles. The molecule has 1 N–H and O–H groups in total. The van der Waals surface area contributed by atoms with Crippen LogP contribution in [-0.4, -0.2) is 11.8 Å². The summed E-state index contributed by atoms with van der Waals surface area (Å²) in [5.74, 6) is -0.209. The first-order valence-corrected chi connectivity index (χ1v) is 5.39. The highest BCUT2D eigenvalue weighted by atomic mass is 35.5. The van der Waals surface area contributed by atoms with Crippen LogP contribution in [0.4, 0.5) is 10.1 Å². The largest absolute Gasteiger partial charge is 0.325 e. The smallest absolute Gasteiger partial charge is 0.239 e. The van der Waals surface area contributed by atoms with Gasteiger partial charge < -0.3 is 5.32 Å². The van der Waals surface area contributed by atoms with Crippen molar-refractivity contribution in [3.63, 3.8) is 0 Å². The van der Waals surface area contributed by atoms with E-state index >= 15 is 0 Å². The maximum atomic E-state index is 13.0. The van der Waals surface area contributed by atoms with Crippen LogP contribution in [-0.2, 0) is 4.79 Å². The van der Waals surface area contributed by atoms with Crippen molar-refractivity contribution < 1.29 is 9.18 Å². The molecule has 0 unspecified atom stereocenters. The van der Waals surface area contributed by atoms with Gasteiger partial charge in [0.2, 0.25) is 5.91 Å². The second-order valence-electron chi connectivity index (χ2n) is 3.69. The predicted molar refractivity (Wildman–Crippen MR) is 57.7 cm³/mol. The van der Waals surface area contributed by atoms with Gasteiger partial charge in [0.1, 0.15) is 11.7 Å². The Morgan fingerprint density at radius 2 is 2.27 bits per heavy atom. The summed E-state index contributed by atoms with van der Waals surface area (Å²) in [5.41, 5.74) is 1.57. The third-order valence-electron chi connectivity index (χ3n) is 2.43. The van der Waals surface area contributed by atoms with E-state index < -0.39 is 0 Å². The van der Waals surface area contributed by atoms with E-state index in [4.69, 9.17) is 11.6 Å². The van der Waals surface area contributed by atoms with Gasteiger partial charge in [-0.1, -0.05) is 0 Å². The molecule has 0 heterocycles. The molecule has 2 nitrogen and oxygen atoms in total. The Balaban J connectivity index is 2.24. The fourth-order valence-electron chi connectivity index (χ4n) is 1.56. The summed E-state index contributed by atoms with van der Waals surface area (Å²) in [4.78, 5) is 11.1. The lowest BCUT2D eigenvalue weighted by atomic mass is 10.1. The second kappa shape index (κ2) is 4.19. The molecule has 4 heteroatoms. The minimum atomic E-state index is -0.263. The number of alkyl halides is 1. The summed E-state index contributed by atoms with van der Waals surface area (Å²) < 4.78 is 13.0. The SMILES string of the molecule is O=C(CCl)Nc1ccc(F)cc1C1CC1. The first kappa shape index (κ1) is 10.4. The van der Waals surface area contributed by atoms with E-state index in [0.29, 0.717) is 11.6 Å². The van der Waals surface area contributed by atoms with Gasteiger partial charge in [-0.15, -0.1) is 11.6 Å². The number of nitrogens with one attached hydrogen (secondary N) is 1. The van der Waals surface area contributed by atoms with Gasteiger partial charge in [-0.05, 0) is 42.5 Å². The van der Waals surface area contributed by atoms with E-state index in [1.807, 2.05) is 0 Å². The zero-order valence-corrected chi connectivity index (χ0v) is 8.85. The lowest BCUT2D eigenvalue weighted by Gasteiger charge is -2.09. The zero-order chi connectivity index (χ0) is 10.8. The van der Waals surface area contributed by atoms with Crippen molar-refractivity contribution in [2.45, 2.75) is 18.8 Å². The Morgan fingerprint density at radius 3 is 2.87 bits per heavy atom. The number of carbonyl (C=O) groups excluding carboxylic acids is 1. The summed E-state index contributed by atoms with van der Waals surface area (Å²) in [5, 5.41) is 2.67. The molecule has 1 aliphatic rings. The summed E-state index contributed by atoms with van der Waals surface area (Å²) >= 11 is 5.39. The van der Waals surface area contributed by atoms with Crippen molar-refractivity contribution in [1.29, 1.82) is 0 Å². The summed E-state index contributed by atoms with van der Waals surface area (Å²) in [6.07, 6.45) is 2.13. The van der Waals surface area contributed by atoms with Crippen LogP contribution in [0.15, 0.2) is 18.2 Å². The predicted octanol–water partition coefficient (Wildman–Crippen LogP) is 2.88. The molecular formula is C11H11ClFNO. The molecular weight excluding hydrogens is 217 g/mol. The molecule has 1 saturated carbocycles. The number of carbonyl (C=O) groups is 1. The third kappa shape index (κ3) is 2.48. The monoisotopic (exact) mass is 227 g/mol. The number of benzene rings is 1. The third-order valence-corrected chi connectivity index (χ3v) is 2.67. The maximum Gasteiger partial charge on any atom is 0.239 e. The molecule has 0 radical (unpaired) electrons. The van der Waals surface area contributed by atoms with Gasteiger partial charge in [0.05, 0.1) is 0 Å². The van der Waals surface area contributed by atoms with E-state index in [2.05, 4.69) is 5.32 Å². The molecule has 0 spiro atoms. The van der Waals surface area contributed by atoms with Crippen LogP contribution in [0, 0.1) is 5.82 Å². The molecule has 2 rings (SSSR count). The molecule has 15 heavy (non-hydrogen) atoms. The Morgan fingerprint density at radius 1 is 1.53 bits per heavy atom. The molecule has 0 aliphatic heterocycles. The van der Waals surface area contributed by atoms with Crippen molar-refractivity contribution in [2.24, 2.45) is 0 Å². The normalized spacial score (nSPS) is 15.1. The van der Waals surface area contributed by atoms with Crippen LogP contribution >= 0.6 is 11.6 Å².